The van der Waals surface area contributed by atoms with Gasteiger partial charge in [0.1, 0.15) is 11.8 Å². The summed E-state index contributed by atoms with van der Waals surface area (Å²) in [7, 11) is 1.65. The normalized spacial score (nSPS) is 16.4. The number of nitrogens with one attached hydrogen (secondary N) is 2. The second kappa shape index (κ2) is 10.4. The summed E-state index contributed by atoms with van der Waals surface area (Å²) in [5.74, 6) is 1.38. The molecular weight excluding hydrogens is 446 g/mol. The highest BCUT2D eigenvalue weighted by molar-refractivity contribution is 7.71. The van der Waals surface area contributed by atoms with Gasteiger partial charge in [-0.3, -0.25) is 19.4 Å². The minimum atomic E-state index is -0.500. The lowest BCUT2D eigenvalue weighted by Crippen LogP contribution is -2.44. The molecule has 0 bridgehead atoms. The lowest BCUT2D eigenvalue weighted by molar-refractivity contribution is -0.124. The average molecular weight is 474 g/mol. The molecule has 1 aromatic carbocycles. The van der Waals surface area contributed by atoms with E-state index in [1.54, 1.807) is 23.0 Å². The molecule has 4 rings (SSSR count). The fourth-order valence-corrected chi connectivity index (χ4v) is 4.88. The number of ether oxygens (including phenoxy) is 2. The number of nitrogens with zero attached hydrogens (tertiary/aromatic N) is 3. The number of benzene rings is 1. The number of morpholine rings is 1. The van der Waals surface area contributed by atoms with Crippen LogP contribution in [0.4, 0.5) is 0 Å². The number of H-pyrrole nitrogens is 1. The van der Waals surface area contributed by atoms with Crippen molar-refractivity contribution < 1.29 is 14.3 Å². The SMILES string of the molecule is COc1ccc(C(CNC(=O)C(C)n2c(-c3cccs3)n[nH]c2=S)N2CCOCC2)cc1. The average Bonchev–Trinajstić information content (AvgIpc) is 3.49. The van der Waals surface area contributed by atoms with Crippen LogP contribution in [0.15, 0.2) is 41.8 Å². The van der Waals surface area contributed by atoms with Gasteiger partial charge in [-0.2, -0.15) is 5.10 Å². The summed E-state index contributed by atoms with van der Waals surface area (Å²) in [6.07, 6.45) is 0. The van der Waals surface area contributed by atoms with E-state index in [-0.39, 0.29) is 11.9 Å². The van der Waals surface area contributed by atoms with Crippen molar-refractivity contribution in [3.05, 3.63) is 52.1 Å². The van der Waals surface area contributed by atoms with Gasteiger partial charge in [-0.05, 0) is 48.3 Å². The van der Waals surface area contributed by atoms with Crippen molar-refractivity contribution in [1.29, 1.82) is 0 Å². The van der Waals surface area contributed by atoms with Crippen molar-refractivity contribution in [1.82, 2.24) is 25.0 Å². The van der Waals surface area contributed by atoms with Crippen LogP contribution in [0.25, 0.3) is 10.7 Å². The number of carbonyl (C=O) groups is 1. The van der Waals surface area contributed by atoms with Gasteiger partial charge in [-0.25, -0.2) is 0 Å². The first kappa shape index (κ1) is 22.7. The number of hydrogen-bond acceptors (Lipinski definition) is 7. The summed E-state index contributed by atoms with van der Waals surface area (Å²) in [6, 6.07) is 11.5. The Hall–Kier alpha value is -2.53. The summed E-state index contributed by atoms with van der Waals surface area (Å²) in [6.45, 7) is 5.33. The number of hydrogen-bond donors (Lipinski definition) is 2. The Bertz CT molecular complexity index is 1070. The van der Waals surface area contributed by atoms with Crippen LogP contribution in [0.5, 0.6) is 5.75 Å². The van der Waals surface area contributed by atoms with Crippen molar-refractivity contribution in [2.24, 2.45) is 0 Å². The Kier molecular flexibility index (Phi) is 7.36. The van der Waals surface area contributed by atoms with Gasteiger partial charge in [-0.15, -0.1) is 11.3 Å². The van der Waals surface area contributed by atoms with E-state index in [1.165, 1.54) is 0 Å². The van der Waals surface area contributed by atoms with Crippen molar-refractivity contribution in [3.63, 3.8) is 0 Å². The first-order valence-electron chi connectivity index (χ1n) is 10.5. The molecule has 10 heteroatoms. The Morgan fingerprint density at radius 2 is 2.06 bits per heavy atom. The number of aromatic amines is 1. The summed E-state index contributed by atoms with van der Waals surface area (Å²) in [5.41, 5.74) is 1.12. The number of carbonyl (C=O) groups excluding carboxylic acids is 1. The maximum absolute atomic E-state index is 13.2. The predicted molar refractivity (Wildman–Crippen MR) is 127 cm³/mol. The molecular formula is C22H27N5O3S2. The zero-order chi connectivity index (χ0) is 22.5. The summed E-state index contributed by atoms with van der Waals surface area (Å²) < 4.78 is 13.0. The third-order valence-corrected chi connectivity index (χ3v) is 6.82. The highest BCUT2D eigenvalue weighted by Crippen LogP contribution is 2.27. The fourth-order valence-electron chi connectivity index (χ4n) is 3.88. The summed E-state index contributed by atoms with van der Waals surface area (Å²) in [5, 5.41) is 12.3. The molecule has 32 heavy (non-hydrogen) atoms. The first-order valence-corrected chi connectivity index (χ1v) is 11.8. The lowest BCUT2D eigenvalue weighted by atomic mass is 10.0. The molecule has 1 fully saturated rings. The minimum Gasteiger partial charge on any atom is -0.497 e. The van der Waals surface area contributed by atoms with Gasteiger partial charge in [0.15, 0.2) is 10.6 Å². The summed E-state index contributed by atoms with van der Waals surface area (Å²) in [4.78, 5) is 16.5. The molecule has 2 N–H and O–H groups in total. The standard InChI is InChI=1S/C22H27N5O3S2/c1-15(27-20(24-25-22(27)31)19-4-3-13-32-19)21(28)23-14-18(26-9-11-30-12-10-26)16-5-7-17(29-2)8-6-16/h3-8,13,15,18H,9-12,14H2,1-2H3,(H,23,28)(H,25,31). The molecule has 1 aliphatic heterocycles. The predicted octanol–water partition coefficient (Wildman–Crippen LogP) is 3.43. The lowest BCUT2D eigenvalue weighted by Gasteiger charge is -2.35. The third-order valence-electron chi connectivity index (χ3n) is 5.67. The van der Waals surface area contributed by atoms with Crippen LogP contribution in [-0.4, -0.2) is 65.5 Å². The molecule has 2 aromatic heterocycles. The van der Waals surface area contributed by atoms with Gasteiger partial charge in [0.25, 0.3) is 0 Å². The monoisotopic (exact) mass is 473 g/mol. The molecule has 8 nitrogen and oxygen atoms in total. The highest BCUT2D eigenvalue weighted by atomic mass is 32.1. The van der Waals surface area contributed by atoms with Gasteiger partial charge in [0.05, 0.1) is 31.2 Å². The summed E-state index contributed by atoms with van der Waals surface area (Å²) >= 11 is 6.98. The van der Waals surface area contributed by atoms with Gasteiger partial charge >= 0.3 is 0 Å². The van der Waals surface area contributed by atoms with Crippen LogP contribution in [0.3, 0.4) is 0 Å². The zero-order valence-corrected chi connectivity index (χ0v) is 19.7. The molecule has 1 amide bonds. The van der Waals surface area contributed by atoms with Crippen LogP contribution in [0, 0.1) is 4.77 Å². The molecule has 0 aliphatic carbocycles. The maximum atomic E-state index is 13.2. The number of thiophene rings is 1. The van der Waals surface area contributed by atoms with Crippen LogP contribution >= 0.6 is 23.6 Å². The van der Waals surface area contributed by atoms with Gasteiger partial charge in [0, 0.05) is 19.6 Å². The highest BCUT2D eigenvalue weighted by Gasteiger charge is 2.26. The van der Waals surface area contributed by atoms with E-state index in [1.807, 2.05) is 36.6 Å². The van der Waals surface area contributed by atoms with Crippen LogP contribution in [0.2, 0.25) is 0 Å². The fraction of sp³-hybridized carbons (Fsp3) is 0.409. The Labute approximate surface area is 196 Å². The van der Waals surface area contributed by atoms with Gasteiger partial charge < -0.3 is 14.8 Å². The van der Waals surface area contributed by atoms with E-state index in [0.29, 0.717) is 30.4 Å². The van der Waals surface area contributed by atoms with Crippen LogP contribution < -0.4 is 10.1 Å². The molecule has 2 atom stereocenters. The number of aromatic nitrogens is 3. The Balaban J connectivity index is 1.51. The van der Waals surface area contributed by atoms with E-state index < -0.39 is 6.04 Å². The topological polar surface area (TPSA) is 84.4 Å². The quantitative estimate of drug-likeness (QED) is 0.488. The molecule has 0 radical (unpaired) electrons. The van der Waals surface area contributed by atoms with Crippen molar-refractivity contribution >= 4 is 29.5 Å². The first-order chi connectivity index (χ1) is 15.6. The minimum absolute atomic E-state index is 0.0371. The van der Waals surface area contributed by atoms with Gasteiger partial charge in [-0.1, -0.05) is 18.2 Å². The van der Waals surface area contributed by atoms with Crippen molar-refractivity contribution in [2.75, 3.05) is 40.0 Å². The molecule has 3 aromatic rings. The molecule has 1 aliphatic rings. The van der Waals surface area contributed by atoms with E-state index in [4.69, 9.17) is 21.7 Å². The molecule has 0 spiro atoms. The largest absolute Gasteiger partial charge is 0.497 e. The number of methoxy groups -OCH3 is 1. The number of rotatable bonds is 8. The Morgan fingerprint density at radius 3 is 2.72 bits per heavy atom. The zero-order valence-electron chi connectivity index (χ0n) is 18.1. The second-order valence-electron chi connectivity index (χ2n) is 7.56. The maximum Gasteiger partial charge on any atom is 0.243 e. The van der Waals surface area contributed by atoms with Crippen LogP contribution in [-0.2, 0) is 9.53 Å². The van der Waals surface area contributed by atoms with Crippen molar-refractivity contribution in [3.8, 4) is 16.5 Å². The number of amides is 1. The van der Waals surface area contributed by atoms with Crippen molar-refractivity contribution in [2.45, 2.75) is 19.0 Å². The second-order valence-corrected chi connectivity index (χ2v) is 8.89. The van der Waals surface area contributed by atoms with E-state index >= 15 is 0 Å². The van der Waals surface area contributed by atoms with E-state index in [2.05, 4.69) is 32.5 Å². The molecule has 170 valence electrons. The van der Waals surface area contributed by atoms with E-state index in [0.717, 1.165) is 29.3 Å². The molecule has 1 saturated heterocycles. The molecule has 0 saturated carbocycles. The smallest absolute Gasteiger partial charge is 0.243 e. The van der Waals surface area contributed by atoms with Crippen LogP contribution in [0.1, 0.15) is 24.6 Å². The molecule has 2 unspecified atom stereocenters. The third kappa shape index (κ3) is 4.93. The van der Waals surface area contributed by atoms with E-state index in [9.17, 15) is 4.79 Å². The van der Waals surface area contributed by atoms with Gasteiger partial charge in [0.2, 0.25) is 5.91 Å². The Morgan fingerprint density at radius 1 is 1.31 bits per heavy atom. The molecule has 3 heterocycles.